The number of carbonyl (C=O) groups excluding carboxylic acids is 1. The highest BCUT2D eigenvalue weighted by Crippen LogP contribution is 2.20. The van der Waals surface area contributed by atoms with Crippen LogP contribution in [0.4, 0.5) is 4.79 Å². The largest absolute Gasteiger partial charge is 0.396 e. The van der Waals surface area contributed by atoms with Gasteiger partial charge in [-0.3, -0.25) is 0 Å². The molecule has 19 heavy (non-hydrogen) atoms. The number of nitrogens with one attached hydrogen (secondary N) is 1. The Kier molecular flexibility index (Phi) is 6.58. The Labute approximate surface area is 116 Å². The quantitative estimate of drug-likeness (QED) is 0.747. The van der Waals surface area contributed by atoms with Crippen LogP contribution in [0.1, 0.15) is 40.0 Å². The summed E-state index contributed by atoms with van der Waals surface area (Å²) in [5, 5.41) is 12.1. The van der Waals surface area contributed by atoms with Crippen molar-refractivity contribution in [3.8, 4) is 0 Å². The molecule has 5 heteroatoms. The lowest BCUT2D eigenvalue weighted by Crippen LogP contribution is -2.45. The molecule has 1 atom stereocenters. The fourth-order valence-electron chi connectivity index (χ4n) is 2.14. The van der Waals surface area contributed by atoms with Gasteiger partial charge < -0.3 is 20.1 Å². The topological polar surface area (TPSA) is 61.8 Å². The summed E-state index contributed by atoms with van der Waals surface area (Å²) in [5.74, 6) is 0. The third-order valence-corrected chi connectivity index (χ3v) is 3.68. The van der Waals surface area contributed by atoms with Crippen LogP contribution in [0, 0.1) is 5.41 Å². The Morgan fingerprint density at radius 2 is 2.21 bits per heavy atom. The molecule has 1 rings (SSSR count). The molecule has 0 bridgehead atoms. The molecule has 1 heterocycles. The Morgan fingerprint density at radius 1 is 1.47 bits per heavy atom. The van der Waals surface area contributed by atoms with E-state index in [0.29, 0.717) is 19.7 Å². The van der Waals surface area contributed by atoms with Crippen molar-refractivity contribution in [2.24, 2.45) is 5.41 Å². The van der Waals surface area contributed by atoms with Crippen LogP contribution in [0.2, 0.25) is 0 Å². The minimum atomic E-state index is -0.0610. The molecule has 2 N–H and O–H groups in total. The van der Waals surface area contributed by atoms with E-state index in [1.807, 2.05) is 18.7 Å². The molecule has 1 unspecified atom stereocenters. The molecule has 1 fully saturated rings. The average molecular weight is 272 g/mol. The second-order valence-corrected chi connectivity index (χ2v) is 6.10. The van der Waals surface area contributed by atoms with Crippen LogP contribution in [0.15, 0.2) is 0 Å². The van der Waals surface area contributed by atoms with Gasteiger partial charge in [0.15, 0.2) is 0 Å². The summed E-state index contributed by atoms with van der Waals surface area (Å²) < 4.78 is 5.38. The van der Waals surface area contributed by atoms with E-state index < -0.39 is 0 Å². The van der Waals surface area contributed by atoms with Crippen LogP contribution < -0.4 is 5.32 Å². The SMILES string of the molecule is CC1CCOCCN1C(=O)NCCCC(C)(C)CO. The van der Waals surface area contributed by atoms with Crippen molar-refractivity contribution in [2.45, 2.75) is 46.1 Å². The molecule has 2 amide bonds. The molecule has 0 aliphatic carbocycles. The van der Waals surface area contributed by atoms with Crippen LogP contribution in [0.5, 0.6) is 0 Å². The van der Waals surface area contributed by atoms with E-state index in [-0.39, 0.29) is 24.1 Å². The first-order valence-electron chi connectivity index (χ1n) is 7.19. The van der Waals surface area contributed by atoms with Crippen molar-refractivity contribution in [1.29, 1.82) is 0 Å². The van der Waals surface area contributed by atoms with Gasteiger partial charge in [0, 0.05) is 32.3 Å². The zero-order valence-corrected chi connectivity index (χ0v) is 12.4. The number of hydrogen-bond acceptors (Lipinski definition) is 3. The second-order valence-electron chi connectivity index (χ2n) is 6.10. The maximum Gasteiger partial charge on any atom is 0.317 e. The highest BCUT2D eigenvalue weighted by Gasteiger charge is 2.22. The van der Waals surface area contributed by atoms with Crippen LogP contribution in [-0.4, -0.2) is 55.0 Å². The highest BCUT2D eigenvalue weighted by atomic mass is 16.5. The molecule has 0 radical (unpaired) electrons. The number of urea groups is 1. The monoisotopic (exact) mass is 272 g/mol. The summed E-state index contributed by atoms with van der Waals surface area (Å²) in [4.78, 5) is 13.9. The van der Waals surface area contributed by atoms with Crippen molar-refractivity contribution in [2.75, 3.05) is 32.9 Å². The van der Waals surface area contributed by atoms with E-state index in [1.54, 1.807) is 0 Å². The lowest BCUT2D eigenvalue weighted by Gasteiger charge is -2.27. The number of amides is 2. The molecule has 0 aromatic carbocycles. The van der Waals surface area contributed by atoms with Gasteiger partial charge in [0.25, 0.3) is 0 Å². The third-order valence-electron chi connectivity index (χ3n) is 3.68. The lowest BCUT2D eigenvalue weighted by molar-refractivity contribution is 0.140. The number of nitrogens with zero attached hydrogens (tertiary/aromatic N) is 1. The van der Waals surface area contributed by atoms with Gasteiger partial charge >= 0.3 is 6.03 Å². The molecule has 0 spiro atoms. The van der Waals surface area contributed by atoms with E-state index in [2.05, 4.69) is 12.2 Å². The summed E-state index contributed by atoms with van der Waals surface area (Å²) in [7, 11) is 0. The van der Waals surface area contributed by atoms with E-state index in [4.69, 9.17) is 9.84 Å². The number of rotatable bonds is 5. The first-order chi connectivity index (χ1) is 8.96. The van der Waals surface area contributed by atoms with Crippen LogP contribution in [0.3, 0.4) is 0 Å². The molecule has 1 aliphatic rings. The Hall–Kier alpha value is -0.810. The van der Waals surface area contributed by atoms with E-state index in [9.17, 15) is 4.79 Å². The first kappa shape index (κ1) is 16.2. The van der Waals surface area contributed by atoms with E-state index >= 15 is 0 Å². The molecule has 5 nitrogen and oxygen atoms in total. The zero-order chi connectivity index (χ0) is 14.3. The van der Waals surface area contributed by atoms with Crippen molar-refractivity contribution in [3.63, 3.8) is 0 Å². The van der Waals surface area contributed by atoms with Gasteiger partial charge in [0.05, 0.1) is 6.61 Å². The van der Waals surface area contributed by atoms with Gasteiger partial charge in [-0.05, 0) is 31.6 Å². The zero-order valence-electron chi connectivity index (χ0n) is 12.4. The molecule has 0 aromatic rings. The summed E-state index contributed by atoms with van der Waals surface area (Å²) in [6.45, 7) is 8.98. The van der Waals surface area contributed by atoms with Gasteiger partial charge in [0.1, 0.15) is 0 Å². The summed E-state index contributed by atoms with van der Waals surface area (Å²) >= 11 is 0. The van der Waals surface area contributed by atoms with Crippen molar-refractivity contribution >= 4 is 6.03 Å². The molecular formula is C14H28N2O3. The highest BCUT2D eigenvalue weighted by molar-refractivity contribution is 5.74. The lowest BCUT2D eigenvalue weighted by atomic mass is 9.89. The van der Waals surface area contributed by atoms with Crippen LogP contribution >= 0.6 is 0 Å². The normalized spacial score (nSPS) is 21.1. The molecule has 0 aromatic heterocycles. The average Bonchev–Trinajstić information content (AvgIpc) is 2.59. The number of ether oxygens (including phenoxy) is 1. The van der Waals surface area contributed by atoms with Crippen molar-refractivity contribution < 1.29 is 14.6 Å². The van der Waals surface area contributed by atoms with Gasteiger partial charge in [-0.1, -0.05) is 13.8 Å². The number of carbonyl (C=O) groups is 1. The molecule has 1 saturated heterocycles. The maximum absolute atomic E-state index is 12.1. The number of aliphatic hydroxyl groups is 1. The van der Waals surface area contributed by atoms with Gasteiger partial charge in [0.2, 0.25) is 0 Å². The summed E-state index contributed by atoms with van der Waals surface area (Å²) in [6.07, 6.45) is 2.69. The fourth-order valence-corrected chi connectivity index (χ4v) is 2.14. The van der Waals surface area contributed by atoms with E-state index in [1.165, 1.54) is 0 Å². The standard InChI is InChI=1S/C14H28N2O3/c1-12-5-9-19-10-8-16(12)13(18)15-7-4-6-14(2,3)11-17/h12,17H,4-11H2,1-3H3,(H,15,18). The second kappa shape index (κ2) is 7.70. The Balaban J connectivity index is 2.26. The van der Waals surface area contributed by atoms with Crippen LogP contribution in [0.25, 0.3) is 0 Å². The summed E-state index contributed by atoms with van der Waals surface area (Å²) in [6, 6.07) is 0.233. The molecule has 112 valence electrons. The fraction of sp³-hybridized carbons (Fsp3) is 0.929. The van der Waals surface area contributed by atoms with E-state index in [0.717, 1.165) is 25.9 Å². The molecule has 0 saturated carbocycles. The van der Waals surface area contributed by atoms with Crippen molar-refractivity contribution in [1.82, 2.24) is 10.2 Å². The van der Waals surface area contributed by atoms with Crippen LogP contribution in [-0.2, 0) is 4.74 Å². The Morgan fingerprint density at radius 3 is 2.89 bits per heavy atom. The maximum atomic E-state index is 12.1. The Bertz CT molecular complexity index is 282. The van der Waals surface area contributed by atoms with Gasteiger partial charge in [-0.2, -0.15) is 0 Å². The number of hydrogen-bond donors (Lipinski definition) is 2. The molecule has 1 aliphatic heterocycles. The minimum absolute atomic E-state index is 0.000181. The minimum Gasteiger partial charge on any atom is -0.396 e. The predicted molar refractivity (Wildman–Crippen MR) is 75.1 cm³/mol. The first-order valence-corrected chi connectivity index (χ1v) is 7.19. The molecular weight excluding hydrogens is 244 g/mol. The third kappa shape index (κ3) is 5.78. The van der Waals surface area contributed by atoms with Gasteiger partial charge in [-0.25, -0.2) is 4.79 Å². The van der Waals surface area contributed by atoms with Gasteiger partial charge in [-0.15, -0.1) is 0 Å². The van der Waals surface area contributed by atoms with Crippen molar-refractivity contribution in [3.05, 3.63) is 0 Å². The predicted octanol–water partition coefficient (Wildman–Crippen LogP) is 1.61. The summed E-state index contributed by atoms with van der Waals surface area (Å²) in [5.41, 5.74) is -0.0610. The number of aliphatic hydroxyl groups excluding tert-OH is 1. The smallest absolute Gasteiger partial charge is 0.317 e.